The van der Waals surface area contributed by atoms with Crippen LogP contribution < -0.4 is 5.32 Å². The monoisotopic (exact) mass is 466 g/mol. The summed E-state index contributed by atoms with van der Waals surface area (Å²) in [7, 11) is 0. The van der Waals surface area contributed by atoms with Crippen molar-refractivity contribution in [3.05, 3.63) is 69.7 Å². The van der Waals surface area contributed by atoms with Crippen LogP contribution in [0.15, 0.2) is 48.5 Å². The third-order valence-corrected chi connectivity index (χ3v) is 6.38. The number of nitrogens with zero attached hydrogens (tertiary/aromatic N) is 1. The van der Waals surface area contributed by atoms with Crippen molar-refractivity contribution in [2.24, 2.45) is 0 Å². The summed E-state index contributed by atoms with van der Waals surface area (Å²) in [6.07, 6.45) is 1.37. The van der Waals surface area contributed by atoms with Gasteiger partial charge >= 0.3 is 0 Å². The van der Waals surface area contributed by atoms with Gasteiger partial charge in [-0.05, 0) is 36.1 Å². The first-order valence-corrected chi connectivity index (χ1v) is 12.0. The zero-order valence-corrected chi connectivity index (χ0v) is 19.7. The van der Waals surface area contributed by atoms with Crippen molar-refractivity contribution in [1.29, 1.82) is 0 Å². The topological polar surface area (TPSA) is 49.4 Å². The summed E-state index contributed by atoms with van der Waals surface area (Å²) in [6, 6.07) is 14.5. The van der Waals surface area contributed by atoms with Crippen molar-refractivity contribution in [3.63, 3.8) is 0 Å². The number of nitrogens with one attached hydrogen (secondary N) is 1. The second kappa shape index (κ2) is 12.9. The lowest BCUT2D eigenvalue weighted by Gasteiger charge is -2.31. The molecule has 0 saturated carbocycles. The molecule has 0 saturated heterocycles. The summed E-state index contributed by atoms with van der Waals surface area (Å²) in [5, 5.41) is 4.19. The maximum atomic E-state index is 13.2. The van der Waals surface area contributed by atoms with E-state index in [1.807, 2.05) is 56.3 Å². The average molecular weight is 467 g/mol. The number of rotatable bonds is 11. The van der Waals surface area contributed by atoms with Crippen LogP contribution in [0.25, 0.3) is 0 Å². The van der Waals surface area contributed by atoms with E-state index in [4.69, 9.17) is 23.2 Å². The lowest BCUT2D eigenvalue weighted by atomic mass is 10.1. The van der Waals surface area contributed by atoms with Crippen LogP contribution in [0.2, 0.25) is 10.0 Å². The summed E-state index contributed by atoms with van der Waals surface area (Å²) in [5.41, 5.74) is 1.81. The molecule has 30 heavy (non-hydrogen) atoms. The lowest BCUT2D eigenvalue weighted by Crippen LogP contribution is -2.49. The Morgan fingerprint density at radius 2 is 1.60 bits per heavy atom. The largest absolute Gasteiger partial charge is 0.354 e. The predicted octanol–water partition coefficient (Wildman–Crippen LogP) is 5.56. The number of halogens is 2. The minimum atomic E-state index is -0.541. The van der Waals surface area contributed by atoms with E-state index < -0.39 is 6.04 Å². The van der Waals surface area contributed by atoms with E-state index >= 15 is 0 Å². The molecule has 2 aromatic carbocycles. The fraction of sp³-hybridized carbons (Fsp3) is 0.391. The average Bonchev–Trinajstić information content (AvgIpc) is 2.74. The molecular formula is C23H28Cl2N2O2S. The van der Waals surface area contributed by atoms with Crippen LogP contribution in [-0.2, 0) is 21.9 Å². The van der Waals surface area contributed by atoms with E-state index in [9.17, 15) is 9.59 Å². The summed E-state index contributed by atoms with van der Waals surface area (Å²) < 4.78 is 0. The lowest BCUT2D eigenvalue weighted by molar-refractivity contribution is -0.139. The minimum absolute atomic E-state index is 0.0922. The Bertz CT molecular complexity index is 847. The van der Waals surface area contributed by atoms with Crippen molar-refractivity contribution in [3.8, 4) is 0 Å². The highest BCUT2D eigenvalue weighted by Gasteiger charge is 2.28. The second-order valence-electron chi connectivity index (χ2n) is 6.91. The summed E-state index contributed by atoms with van der Waals surface area (Å²) in [4.78, 5) is 27.5. The van der Waals surface area contributed by atoms with E-state index in [2.05, 4.69) is 5.32 Å². The minimum Gasteiger partial charge on any atom is -0.354 e. The molecular weight excluding hydrogens is 439 g/mol. The predicted molar refractivity (Wildman–Crippen MR) is 127 cm³/mol. The molecule has 0 unspecified atom stereocenters. The normalized spacial score (nSPS) is 11.7. The Kier molecular flexibility index (Phi) is 10.6. The van der Waals surface area contributed by atoms with Gasteiger partial charge in [-0.25, -0.2) is 0 Å². The molecule has 2 aromatic rings. The first kappa shape index (κ1) is 24.6. The highest BCUT2D eigenvalue weighted by Crippen LogP contribution is 2.23. The molecule has 2 amide bonds. The molecule has 0 aromatic heterocycles. The van der Waals surface area contributed by atoms with Crippen molar-refractivity contribution >= 4 is 46.8 Å². The maximum Gasteiger partial charge on any atom is 0.242 e. The Balaban J connectivity index is 2.14. The SMILES string of the molecule is CCCNC(=O)[C@H](CC)N(Cc1ccccc1Cl)C(=O)CSCc1ccccc1Cl. The smallest absolute Gasteiger partial charge is 0.242 e. The van der Waals surface area contributed by atoms with Gasteiger partial charge in [-0.3, -0.25) is 9.59 Å². The summed E-state index contributed by atoms with van der Waals surface area (Å²) in [5.74, 6) is 0.665. The van der Waals surface area contributed by atoms with Gasteiger partial charge in [0.2, 0.25) is 11.8 Å². The highest BCUT2D eigenvalue weighted by atomic mass is 35.5. The molecule has 0 fully saturated rings. The molecule has 1 atom stereocenters. The third kappa shape index (κ3) is 7.22. The van der Waals surface area contributed by atoms with Crippen LogP contribution in [0.4, 0.5) is 0 Å². The number of carbonyl (C=O) groups excluding carboxylic acids is 2. The van der Waals surface area contributed by atoms with Gasteiger partial charge in [-0.15, -0.1) is 11.8 Å². The number of amides is 2. The Morgan fingerprint density at radius 3 is 2.17 bits per heavy atom. The number of hydrogen-bond donors (Lipinski definition) is 1. The summed E-state index contributed by atoms with van der Waals surface area (Å²) in [6.45, 7) is 4.80. The van der Waals surface area contributed by atoms with Crippen LogP contribution in [0.5, 0.6) is 0 Å². The van der Waals surface area contributed by atoms with Crippen LogP contribution >= 0.6 is 35.0 Å². The summed E-state index contributed by atoms with van der Waals surface area (Å²) >= 11 is 14.0. The van der Waals surface area contributed by atoms with Crippen LogP contribution in [0.3, 0.4) is 0 Å². The molecule has 0 bridgehead atoms. The molecule has 4 nitrogen and oxygen atoms in total. The van der Waals surface area contributed by atoms with E-state index in [-0.39, 0.29) is 17.6 Å². The van der Waals surface area contributed by atoms with E-state index in [1.54, 1.807) is 11.0 Å². The van der Waals surface area contributed by atoms with Crippen LogP contribution in [-0.4, -0.2) is 35.1 Å². The van der Waals surface area contributed by atoms with Crippen molar-refractivity contribution < 1.29 is 9.59 Å². The van der Waals surface area contributed by atoms with Gasteiger partial charge in [0, 0.05) is 28.9 Å². The fourth-order valence-electron chi connectivity index (χ4n) is 3.04. The van der Waals surface area contributed by atoms with Gasteiger partial charge in [0.1, 0.15) is 6.04 Å². The first-order chi connectivity index (χ1) is 14.5. The molecule has 1 N–H and O–H groups in total. The molecule has 0 aliphatic carbocycles. The maximum absolute atomic E-state index is 13.2. The van der Waals surface area contributed by atoms with Crippen molar-refractivity contribution in [1.82, 2.24) is 10.2 Å². The fourth-order valence-corrected chi connectivity index (χ4v) is 4.43. The van der Waals surface area contributed by atoms with E-state index in [0.717, 1.165) is 17.5 Å². The molecule has 7 heteroatoms. The van der Waals surface area contributed by atoms with Crippen LogP contribution in [0.1, 0.15) is 37.8 Å². The zero-order chi connectivity index (χ0) is 21.9. The number of benzene rings is 2. The number of thioether (sulfide) groups is 1. The second-order valence-corrected chi connectivity index (χ2v) is 8.71. The van der Waals surface area contributed by atoms with Crippen molar-refractivity contribution in [2.75, 3.05) is 12.3 Å². The number of hydrogen-bond acceptors (Lipinski definition) is 3. The van der Waals surface area contributed by atoms with Crippen molar-refractivity contribution in [2.45, 2.75) is 45.0 Å². The molecule has 162 valence electrons. The molecule has 0 spiro atoms. The van der Waals surface area contributed by atoms with Gasteiger partial charge in [-0.1, -0.05) is 73.4 Å². The third-order valence-electron chi connectivity index (χ3n) is 4.67. The molecule has 0 aliphatic heterocycles. The van der Waals surface area contributed by atoms with Gasteiger partial charge in [0.25, 0.3) is 0 Å². The highest BCUT2D eigenvalue weighted by molar-refractivity contribution is 7.99. The van der Waals surface area contributed by atoms with Crippen LogP contribution in [0, 0.1) is 0 Å². The molecule has 0 radical (unpaired) electrons. The van der Waals surface area contributed by atoms with Gasteiger partial charge in [-0.2, -0.15) is 0 Å². The standard InChI is InChI=1S/C23H28Cl2N2O2S/c1-3-13-26-23(29)21(4-2)27(14-17-9-5-7-11-19(17)24)22(28)16-30-15-18-10-6-8-12-20(18)25/h5-12,21H,3-4,13-16H2,1-2H3,(H,26,29)/t21-/m0/s1. The quantitative estimate of drug-likeness (QED) is 0.471. The van der Waals surface area contributed by atoms with E-state index in [1.165, 1.54) is 11.8 Å². The Morgan fingerprint density at radius 1 is 1.00 bits per heavy atom. The molecule has 0 heterocycles. The Hall–Kier alpha value is -1.69. The van der Waals surface area contributed by atoms with E-state index in [0.29, 0.717) is 35.3 Å². The van der Waals surface area contributed by atoms with Gasteiger partial charge in [0.15, 0.2) is 0 Å². The molecule has 0 aliphatic rings. The van der Waals surface area contributed by atoms with Gasteiger partial charge in [0.05, 0.1) is 5.75 Å². The zero-order valence-electron chi connectivity index (χ0n) is 17.4. The Labute approximate surface area is 193 Å². The number of carbonyl (C=O) groups is 2. The van der Waals surface area contributed by atoms with Gasteiger partial charge < -0.3 is 10.2 Å². The first-order valence-electron chi connectivity index (χ1n) is 10.1. The molecule has 2 rings (SSSR count).